The summed E-state index contributed by atoms with van der Waals surface area (Å²) in [5.41, 5.74) is 1.69. The van der Waals surface area contributed by atoms with E-state index in [1.54, 1.807) is 23.5 Å². The number of aromatic nitrogens is 1. The van der Waals surface area contributed by atoms with E-state index in [9.17, 15) is 19.8 Å². The number of amides is 1. The second-order valence-corrected chi connectivity index (χ2v) is 13.1. The SMILES string of the molecule is O=C(NC1CCN(CCCCCCCCCNC[C@H](O)c2ccc(O)c3[nH]c(=O)ccc23)CC1)Oc1ccccc1-c1cccs1. The Labute approximate surface area is 274 Å². The molecule has 246 valence electrons. The van der Waals surface area contributed by atoms with Gasteiger partial charge < -0.3 is 35.5 Å². The molecule has 46 heavy (non-hydrogen) atoms. The van der Waals surface area contributed by atoms with Gasteiger partial charge in [0, 0.05) is 47.6 Å². The van der Waals surface area contributed by atoms with Crippen molar-refractivity contribution in [1.82, 2.24) is 20.5 Å². The third-order valence-electron chi connectivity index (χ3n) is 8.72. The number of benzene rings is 2. The maximum atomic E-state index is 12.6. The molecule has 0 spiro atoms. The van der Waals surface area contributed by atoms with Crippen LogP contribution in [0, 0.1) is 0 Å². The lowest BCUT2D eigenvalue weighted by molar-refractivity contribution is 0.171. The largest absolute Gasteiger partial charge is 0.506 e. The Kier molecular flexibility index (Phi) is 12.6. The Balaban J connectivity index is 0.869. The number of nitrogens with zero attached hydrogens (tertiary/aromatic N) is 1. The number of nitrogens with one attached hydrogen (secondary N) is 3. The maximum Gasteiger partial charge on any atom is 0.412 e. The van der Waals surface area contributed by atoms with Gasteiger partial charge >= 0.3 is 6.09 Å². The molecule has 1 amide bonds. The fourth-order valence-electron chi connectivity index (χ4n) is 6.16. The number of ether oxygens (including phenoxy) is 1. The number of para-hydroxylation sites is 1. The lowest BCUT2D eigenvalue weighted by Crippen LogP contribution is -2.45. The molecule has 1 atom stereocenters. The zero-order chi connectivity index (χ0) is 32.1. The number of carbonyl (C=O) groups excluding carboxylic acids is 1. The van der Waals surface area contributed by atoms with Crippen LogP contribution in [0.15, 0.2) is 70.8 Å². The zero-order valence-electron chi connectivity index (χ0n) is 26.4. The number of pyridine rings is 1. The first kappa shape index (κ1) is 33.7. The Morgan fingerprint density at radius 2 is 1.72 bits per heavy atom. The standard InChI is InChI=1S/C36H46N4O5S/c41-30-16-14-27(28-15-17-34(43)39-35(28)30)31(42)25-37-20-8-4-2-1-3-5-9-21-40-22-18-26(19-23-40)38-36(44)45-32-12-7-6-11-29(32)33-13-10-24-46-33/h6-7,10-17,24,26,31,37,41-42H,1-5,8-9,18-23,25H2,(H,38,44)(H,39,43)/t31-/m0/s1. The monoisotopic (exact) mass is 646 g/mol. The van der Waals surface area contributed by atoms with E-state index in [2.05, 4.69) is 20.5 Å². The van der Waals surface area contributed by atoms with Crippen molar-refractivity contribution in [1.29, 1.82) is 0 Å². The van der Waals surface area contributed by atoms with E-state index in [0.717, 1.165) is 62.3 Å². The van der Waals surface area contributed by atoms with Crippen LogP contribution >= 0.6 is 11.3 Å². The number of aromatic hydroxyl groups is 1. The summed E-state index contributed by atoms with van der Waals surface area (Å²) in [6.45, 7) is 4.38. The summed E-state index contributed by atoms with van der Waals surface area (Å²) in [5.74, 6) is 0.589. The zero-order valence-corrected chi connectivity index (χ0v) is 27.2. The molecule has 2 aromatic heterocycles. The maximum absolute atomic E-state index is 12.6. The predicted molar refractivity (Wildman–Crippen MR) is 185 cm³/mol. The normalized spacial score (nSPS) is 14.8. The number of rotatable bonds is 16. The fraction of sp³-hybridized carbons (Fsp3) is 0.444. The van der Waals surface area contributed by atoms with Crippen LogP contribution in [0.3, 0.4) is 0 Å². The van der Waals surface area contributed by atoms with Crippen molar-refractivity contribution >= 4 is 28.3 Å². The van der Waals surface area contributed by atoms with Crippen LogP contribution in [0.2, 0.25) is 0 Å². The quantitative estimate of drug-likeness (QED) is 0.0872. The van der Waals surface area contributed by atoms with Crippen LogP contribution in [0.25, 0.3) is 21.3 Å². The highest BCUT2D eigenvalue weighted by Gasteiger charge is 2.22. The summed E-state index contributed by atoms with van der Waals surface area (Å²) in [6, 6.07) is 18.1. The average Bonchev–Trinajstić information content (AvgIpc) is 3.60. The van der Waals surface area contributed by atoms with Crippen LogP contribution in [0.4, 0.5) is 4.79 Å². The molecule has 5 N–H and O–H groups in total. The van der Waals surface area contributed by atoms with Crippen molar-refractivity contribution in [3.05, 3.63) is 82.0 Å². The van der Waals surface area contributed by atoms with Crippen molar-refractivity contribution in [3.8, 4) is 21.9 Å². The summed E-state index contributed by atoms with van der Waals surface area (Å²) in [7, 11) is 0. The lowest BCUT2D eigenvalue weighted by atomic mass is 10.0. The average molecular weight is 647 g/mol. The Hall–Kier alpha value is -3.70. The molecule has 0 bridgehead atoms. The molecule has 0 saturated carbocycles. The van der Waals surface area contributed by atoms with Crippen molar-refractivity contribution in [2.24, 2.45) is 0 Å². The number of H-pyrrole nitrogens is 1. The minimum absolute atomic E-state index is 0.00177. The summed E-state index contributed by atoms with van der Waals surface area (Å²) in [4.78, 5) is 30.5. The van der Waals surface area contributed by atoms with Gasteiger partial charge in [0.1, 0.15) is 11.5 Å². The molecule has 5 rings (SSSR count). The van der Waals surface area contributed by atoms with Gasteiger partial charge in [-0.1, -0.05) is 56.4 Å². The minimum Gasteiger partial charge on any atom is -0.506 e. The number of aliphatic hydroxyl groups excluding tert-OH is 1. The number of hydrogen-bond donors (Lipinski definition) is 5. The van der Waals surface area contributed by atoms with Gasteiger partial charge in [-0.25, -0.2) is 4.79 Å². The van der Waals surface area contributed by atoms with E-state index < -0.39 is 6.10 Å². The number of fused-ring (bicyclic) bond motifs is 1. The molecule has 9 nitrogen and oxygen atoms in total. The number of thiophene rings is 1. The van der Waals surface area contributed by atoms with E-state index in [4.69, 9.17) is 4.74 Å². The number of phenols is 1. The van der Waals surface area contributed by atoms with Crippen LogP contribution in [-0.4, -0.2) is 65.0 Å². The first-order valence-corrected chi connectivity index (χ1v) is 17.4. The molecular weight excluding hydrogens is 600 g/mol. The molecule has 1 fully saturated rings. The van der Waals surface area contributed by atoms with Crippen molar-refractivity contribution in [2.75, 3.05) is 32.7 Å². The van der Waals surface area contributed by atoms with Gasteiger partial charge in [0.2, 0.25) is 5.56 Å². The molecular formula is C36H46N4O5S. The highest BCUT2D eigenvalue weighted by atomic mass is 32.1. The summed E-state index contributed by atoms with van der Waals surface area (Å²) >= 11 is 1.63. The summed E-state index contributed by atoms with van der Waals surface area (Å²) in [6.07, 6.45) is 9.16. The van der Waals surface area contributed by atoms with Gasteiger partial charge in [-0.05, 0) is 80.0 Å². The molecule has 1 saturated heterocycles. The number of unbranched alkanes of at least 4 members (excludes halogenated alkanes) is 6. The van der Waals surface area contributed by atoms with E-state index >= 15 is 0 Å². The molecule has 0 aliphatic carbocycles. The van der Waals surface area contributed by atoms with Crippen molar-refractivity contribution < 1.29 is 19.7 Å². The minimum atomic E-state index is -0.725. The van der Waals surface area contributed by atoms with Gasteiger partial charge in [-0.2, -0.15) is 0 Å². The van der Waals surface area contributed by atoms with Gasteiger partial charge in [-0.15, -0.1) is 11.3 Å². The lowest BCUT2D eigenvalue weighted by Gasteiger charge is -2.32. The molecule has 1 aliphatic rings. The molecule has 4 aromatic rings. The summed E-state index contributed by atoms with van der Waals surface area (Å²) < 4.78 is 5.70. The number of phenolic OH excluding ortho intramolecular Hbond substituents is 1. The Morgan fingerprint density at radius 3 is 2.50 bits per heavy atom. The smallest absolute Gasteiger partial charge is 0.412 e. The van der Waals surface area contributed by atoms with Crippen LogP contribution < -0.4 is 20.9 Å². The number of aliphatic hydroxyl groups is 1. The highest BCUT2D eigenvalue weighted by molar-refractivity contribution is 7.13. The number of aromatic amines is 1. The fourth-order valence-corrected chi connectivity index (χ4v) is 6.91. The van der Waals surface area contributed by atoms with Crippen molar-refractivity contribution in [3.63, 3.8) is 0 Å². The molecule has 3 heterocycles. The van der Waals surface area contributed by atoms with E-state index in [-0.39, 0.29) is 23.4 Å². The molecule has 10 heteroatoms. The Bertz CT molecular complexity index is 1580. The molecule has 2 aromatic carbocycles. The van der Waals surface area contributed by atoms with Gasteiger partial charge in [0.05, 0.1) is 11.6 Å². The van der Waals surface area contributed by atoms with E-state index in [1.165, 1.54) is 44.2 Å². The van der Waals surface area contributed by atoms with Crippen molar-refractivity contribution in [2.45, 2.75) is 69.9 Å². The van der Waals surface area contributed by atoms with Gasteiger partial charge in [0.15, 0.2) is 0 Å². The van der Waals surface area contributed by atoms with Gasteiger partial charge in [0.25, 0.3) is 0 Å². The molecule has 0 unspecified atom stereocenters. The van der Waals surface area contributed by atoms with Crippen LogP contribution in [0.5, 0.6) is 11.5 Å². The first-order chi connectivity index (χ1) is 22.5. The first-order valence-electron chi connectivity index (χ1n) is 16.6. The van der Waals surface area contributed by atoms with Gasteiger partial charge in [-0.3, -0.25) is 4.79 Å². The number of piperidine rings is 1. The third kappa shape index (κ3) is 9.65. The molecule has 0 radical (unpaired) electrons. The number of hydrogen-bond acceptors (Lipinski definition) is 8. The summed E-state index contributed by atoms with van der Waals surface area (Å²) in [5, 5.41) is 29.8. The molecule has 1 aliphatic heterocycles. The van der Waals surface area contributed by atoms with E-state index in [0.29, 0.717) is 28.8 Å². The Morgan fingerprint density at radius 1 is 0.957 bits per heavy atom. The third-order valence-corrected chi connectivity index (χ3v) is 9.62. The number of likely N-dealkylation sites (tertiary alicyclic amines) is 1. The second kappa shape index (κ2) is 17.3. The van der Waals surface area contributed by atoms with Crippen LogP contribution in [-0.2, 0) is 0 Å². The second-order valence-electron chi connectivity index (χ2n) is 12.1. The number of carbonyl (C=O) groups is 1. The highest BCUT2D eigenvalue weighted by Crippen LogP contribution is 2.33. The van der Waals surface area contributed by atoms with Crippen LogP contribution in [0.1, 0.15) is 69.5 Å². The predicted octanol–water partition coefficient (Wildman–Crippen LogP) is 6.57. The topological polar surface area (TPSA) is 127 Å². The van der Waals surface area contributed by atoms with E-state index in [1.807, 2.05) is 41.8 Å².